The first-order chi connectivity index (χ1) is 12.6. The van der Waals surface area contributed by atoms with E-state index in [-0.39, 0.29) is 16.9 Å². The van der Waals surface area contributed by atoms with Crippen LogP contribution in [-0.2, 0) is 14.9 Å². The van der Waals surface area contributed by atoms with Gasteiger partial charge in [-0.15, -0.1) is 0 Å². The summed E-state index contributed by atoms with van der Waals surface area (Å²) in [6, 6.07) is 6.94. The Hall–Kier alpha value is -3.09. The van der Waals surface area contributed by atoms with Gasteiger partial charge in [-0.05, 0) is 36.1 Å². The maximum atomic E-state index is 12.2. The van der Waals surface area contributed by atoms with Gasteiger partial charge in [0.2, 0.25) is 0 Å². The molecule has 1 aromatic carbocycles. The molecule has 0 bridgehead atoms. The Morgan fingerprint density at radius 1 is 1.15 bits per heavy atom. The van der Waals surface area contributed by atoms with Crippen LogP contribution in [0.4, 0.5) is 5.69 Å². The molecule has 0 radical (unpaired) electrons. The van der Waals surface area contributed by atoms with Crippen LogP contribution in [0.5, 0.6) is 5.75 Å². The molecule has 0 unspecified atom stereocenters. The highest BCUT2D eigenvalue weighted by Gasteiger charge is 2.18. The van der Waals surface area contributed by atoms with E-state index in [1.54, 1.807) is 6.07 Å². The van der Waals surface area contributed by atoms with Crippen molar-refractivity contribution >= 4 is 23.3 Å². The van der Waals surface area contributed by atoms with Crippen LogP contribution in [0.25, 0.3) is 0 Å². The fourth-order valence-electron chi connectivity index (χ4n) is 2.38. The molecule has 2 rings (SSSR count). The van der Waals surface area contributed by atoms with Crippen LogP contribution < -0.4 is 10.1 Å². The maximum absolute atomic E-state index is 12.2. The Morgan fingerprint density at radius 2 is 1.85 bits per heavy atom. The summed E-state index contributed by atoms with van der Waals surface area (Å²) in [6.07, 6.45) is 1.42. The van der Waals surface area contributed by atoms with E-state index in [0.29, 0.717) is 17.0 Å². The molecular weight excluding hydrogens is 348 g/mol. The van der Waals surface area contributed by atoms with Crippen LogP contribution in [-0.4, -0.2) is 36.4 Å². The lowest BCUT2D eigenvalue weighted by Crippen LogP contribution is -2.22. The molecule has 0 saturated carbocycles. The molecule has 0 spiro atoms. The number of H-pyrrole nitrogens is 1. The number of hydrogen-bond donors (Lipinski definition) is 2. The maximum Gasteiger partial charge on any atom is 0.355 e. The lowest BCUT2D eigenvalue weighted by Gasteiger charge is -2.21. The minimum Gasteiger partial charge on any atom is -0.495 e. The van der Waals surface area contributed by atoms with E-state index in [4.69, 9.17) is 9.47 Å². The van der Waals surface area contributed by atoms with Crippen molar-refractivity contribution < 1.29 is 23.9 Å². The van der Waals surface area contributed by atoms with Crippen molar-refractivity contribution in [1.29, 1.82) is 0 Å². The Bertz CT molecular complexity index is 861. The van der Waals surface area contributed by atoms with Gasteiger partial charge in [0.15, 0.2) is 12.4 Å². The van der Waals surface area contributed by atoms with Gasteiger partial charge in [0, 0.05) is 11.8 Å². The lowest BCUT2D eigenvalue weighted by molar-refractivity contribution is -0.119. The zero-order valence-electron chi connectivity index (χ0n) is 16.1. The van der Waals surface area contributed by atoms with Gasteiger partial charge in [-0.1, -0.05) is 26.8 Å². The number of carbonyl (C=O) groups is 3. The van der Waals surface area contributed by atoms with Crippen LogP contribution in [0.2, 0.25) is 0 Å². The van der Waals surface area contributed by atoms with Crippen LogP contribution >= 0.6 is 0 Å². The van der Waals surface area contributed by atoms with E-state index < -0.39 is 18.5 Å². The highest BCUT2D eigenvalue weighted by Crippen LogP contribution is 2.31. The smallest absolute Gasteiger partial charge is 0.355 e. The summed E-state index contributed by atoms with van der Waals surface area (Å²) in [6.45, 7) is 7.12. The molecule has 0 aliphatic carbocycles. The summed E-state index contributed by atoms with van der Waals surface area (Å²) in [5, 5.41) is 2.70. The van der Waals surface area contributed by atoms with Crippen molar-refractivity contribution in [2.75, 3.05) is 19.0 Å². The van der Waals surface area contributed by atoms with Crippen LogP contribution in [0, 0.1) is 0 Å². The Balaban J connectivity index is 2.02. The number of ether oxygens (including phenoxy) is 2. The molecular formula is C20H24N2O5. The quantitative estimate of drug-likeness (QED) is 0.599. The van der Waals surface area contributed by atoms with E-state index in [0.717, 1.165) is 5.56 Å². The minimum absolute atomic E-state index is 0.0970. The van der Waals surface area contributed by atoms with E-state index in [2.05, 4.69) is 31.1 Å². The number of aromatic nitrogens is 1. The largest absolute Gasteiger partial charge is 0.495 e. The summed E-state index contributed by atoms with van der Waals surface area (Å²) in [5.74, 6) is -0.869. The number of carbonyl (C=O) groups excluding carboxylic acids is 3. The average Bonchev–Trinajstić information content (AvgIpc) is 3.09. The number of nitrogens with one attached hydrogen (secondary N) is 2. The van der Waals surface area contributed by atoms with Gasteiger partial charge in [-0.2, -0.15) is 0 Å². The molecule has 27 heavy (non-hydrogen) atoms. The second-order valence-electron chi connectivity index (χ2n) is 7.15. The molecule has 0 aliphatic heterocycles. The molecule has 0 atom stereocenters. The normalized spacial score (nSPS) is 11.0. The molecule has 0 saturated heterocycles. The third kappa shape index (κ3) is 5.20. The summed E-state index contributed by atoms with van der Waals surface area (Å²) in [4.78, 5) is 38.1. The number of amides is 1. The molecule has 1 heterocycles. The molecule has 7 nitrogen and oxygen atoms in total. The third-order valence-electron chi connectivity index (χ3n) is 3.98. The van der Waals surface area contributed by atoms with Gasteiger partial charge in [0.1, 0.15) is 11.4 Å². The summed E-state index contributed by atoms with van der Waals surface area (Å²) < 4.78 is 10.3. The molecule has 7 heteroatoms. The zero-order chi connectivity index (χ0) is 20.2. The number of aromatic amines is 1. The number of benzene rings is 1. The highest BCUT2D eigenvalue weighted by atomic mass is 16.5. The lowest BCUT2D eigenvalue weighted by atomic mass is 9.87. The van der Waals surface area contributed by atoms with E-state index in [9.17, 15) is 14.4 Å². The minimum atomic E-state index is -0.715. The SMILES string of the molecule is COc1ccc(C(C)(C)C)cc1NC(=O)COC(=O)c1cc(C(C)=O)c[nH]1. The average molecular weight is 372 g/mol. The predicted molar refractivity (Wildman–Crippen MR) is 101 cm³/mol. The van der Waals surface area contributed by atoms with Gasteiger partial charge in [-0.3, -0.25) is 9.59 Å². The molecule has 2 N–H and O–H groups in total. The topological polar surface area (TPSA) is 97.5 Å². The van der Waals surface area contributed by atoms with Gasteiger partial charge in [0.05, 0.1) is 12.8 Å². The molecule has 0 aliphatic rings. The summed E-state index contributed by atoms with van der Waals surface area (Å²) in [7, 11) is 1.51. The number of methoxy groups -OCH3 is 1. The van der Waals surface area contributed by atoms with Crippen molar-refractivity contribution in [3.05, 3.63) is 47.3 Å². The fourth-order valence-corrected chi connectivity index (χ4v) is 2.38. The fraction of sp³-hybridized carbons (Fsp3) is 0.350. The molecule has 144 valence electrons. The first-order valence-electron chi connectivity index (χ1n) is 8.46. The van der Waals surface area contributed by atoms with Crippen molar-refractivity contribution in [3.63, 3.8) is 0 Å². The number of esters is 1. The second kappa shape index (κ2) is 8.07. The Kier molecular flexibility index (Phi) is 6.05. The molecule has 2 aromatic rings. The third-order valence-corrected chi connectivity index (χ3v) is 3.98. The number of hydrogen-bond acceptors (Lipinski definition) is 5. The van der Waals surface area contributed by atoms with Gasteiger partial charge >= 0.3 is 5.97 Å². The summed E-state index contributed by atoms with van der Waals surface area (Å²) in [5.41, 5.74) is 1.92. The Labute approximate surface area is 158 Å². The van der Waals surface area contributed by atoms with Crippen molar-refractivity contribution in [3.8, 4) is 5.75 Å². The first-order valence-corrected chi connectivity index (χ1v) is 8.46. The second-order valence-corrected chi connectivity index (χ2v) is 7.15. The highest BCUT2D eigenvalue weighted by molar-refractivity contribution is 5.99. The Morgan fingerprint density at radius 3 is 2.41 bits per heavy atom. The van der Waals surface area contributed by atoms with Crippen molar-refractivity contribution in [2.24, 2.45) is 0 Å². The van der Waals surface area contributed by atoms with Gasteiger partial charge < -0.3 is 19.8 Å². The molecule has 1 amide bonds. The van der Waals surface area contributed by atoms with Gasteiger partial charge in [-0.25, -0.2) is 4.79 Å². The standard InChI is InChI=1S/C20H24N2O5/c1-12(23)13-8-16(21-10-13)19(25)27-11-18(24)22-15-9-14(20(2,3)4)6-7-17(15)26-5/h6-10,21H,11H2,1-5H3,(H,22,24). The number of Topliss-reactive ketones (excluding diaryl/α,β-unsaturated/α-hetero) is 1. The first kappa shape index (κ1) is 20.2. The number of ketones is 1. The van der Waals surface area contributed by atoms with Crippen LogP contribution in [0.3, 0.4) is 0 Å². The van der Waals surface area contributed by atoms with Crippen LogP contribution in [0.1, 0.15) is 54.1 Å². The zero-order valence-corrected chi connectivity index (χ0v) is 16.1. The van der Waals surface area contributed by atoms with E-state index >= 15 is 0 Å². The number of anilines is 1. The van der Waals surface area contributed by atoms with Crippen LogP contribution in [0.15, 0.2) is 30.5 Å². The van der Waals surface area contributed by atoms with Crippen molar-refractivity contribution in [2.45, 2.75) is 33.1 Å². The predicted octanol–water partition coefficient (Wildman–Crippen LogP) is 3.32. The number of rotatable bonds is 6. The monoisotopic (exact) mass is 372 g/mol. The van der Waals surface area contributed by atoms with E-state index in [1.807, 2.05) is 12.1 Å². The van der Waals surface area contributed by atoms with E-state index in [1.165, 1.54) is 26.3 Å². The molecule has 0 fully saturated rings. The molecule has 1 aromatic heterocycles. The van der Waals surface area contributed by atoms with Gasteiger partial charge in [0.25, 0.3) is 5.91 Å². The summed E-state index contributed by atoms with van der Waals surface area (Å²) >= 11 is 0. The van der Waals surface area contributed by atoms with Crippen molar-refractivity contribution in [1.82, 2.24) is 4.98 Å².